The van der Waals surface area contributed by atoms with Crippen LogP contribution in [0.15, 0.2) is 35.9 Å². The topological polar surface area (TPSA) is 35.5 Å². The lowest BCUT2D eigenvalue weighted by Gasteiger charge is -2.04. The molecule has 0 aliphatic rings. The Hall–Kier alpha value is -1.84. The fraction of sp³-hybridized carbons (Fsp3) is 0.250. The molecule has 4 heteroatoms. The third kappa shape index (κ3) is 3.38. The van der Waals surface area contributed by atoms with Crippen molar-refractivity contribution in [1.29, 1.82) is 0 Å². The van der Waals surface area contributed by atoms with E-state index in [0.717, 1.165) is 0 Å². The maximum absolute atomic E-state index is 13.1. The minimum atomic E-state index is -0.424. The summed E-state index contributed by atoms with van der Waals surface area (Å²) in [4.78, 5) is 11.0. The third-order valence-electron chi connectivity index (χ3n) is 1.97. The van der Waals surface area contributed by atoms with Gasteiger partial charge in [-0.15, -0.1) is 0 Å². The second-order valence-electron chi connectivity index (χ2n) is 3.12. The minimum Gasteiger partial charge on any atom is -0.486 e. The van der Waals surface area contributed by atoms with E-state index in [1.807, 2.05) is 0 Å². The molecule has 0 aromatic heterocycles. The van der Waals surface area contributed by atoms with E-state index in [9.17, 15) is 9.18 Å². The Labute approximate surface area is 93.5 Å². The van der Waals surface area contributed by atoms with Gasteiger partial charge in [-0.05, 0) is 25.1 Å². The van der Waals surface area contributed by atoms with E-state index in [2.05, 4.69) is 4.74 Å². The number of rotatable bonds is 4. The SMILES string of the molecule is COC(=O)C(C)=CCOc1ccccc1F. The molecule has 0 heterocycles. The maximum Gasteiger partial charge on any atom is 0.333 e. The molecule has 0 fully saturated rings. The summed E-state index contributed by atoms with van der Waals surface area (Å²) < 4.78 is 22.7. The van der Waals surface area contributed by atoms with Crippen LogP contribution in [0.5, 0.6) is 5.75 Å². The van der Waals surface area contributed by atoms with E-state index in [-0.39, 0.29) is 12.4 Å². The summed E-state index contributed by atoms with van der Waals surface area (Å²) in [5.41, 5.74) is 0.429. The number of carbonyl (C=O) groups is 1. The van der Waals surface area contributed by atoms with Crippen LogP contribution in [0.4, 0.5) is 4.39 Å². The molecule has 0 radical (unpaired) electrons. The summed E-state index contributed by atoms with van der Waals surface area (Å²) in [5, 5.41) is 0. The molecule has 0 amide bonds. The maximum atomic E-state index is 13.1. The number of benzene rings is 1. The van der Waals surface area contributed by atoms with Crippen LogP contribution in [-0.2, 0) is 9.53 Å². The lowest BCUT2D eigenvalue weighted by atomic mass is 10.3. The summed E-state index contributed by atoms with van der Waals surface area (Å²) in [6.07, 6.45) is 1.54. The van der Waals surface area contributed by atoms with Crippen LogP contribution in [0.25, 0.3) is 0 Å². The number of ether oxygens (including phenoxy) is 2. The van der Waals surface area contributed by atoms with Crippen molar-refractivity contribution in [3.05, 3.63) is 41.7 Å². The predicted molar refractivity (Wildman–Crippen MR) is 57.7 cm³/mol. The Morgan fingerprint density at radius 3 is 2.75 bits per heavy atom. The summed E-state index contributed by atoms with van der Waals surface area (Å²) in [6.45, 7) is 1.73. The van der Waals surface area contributed by atoms with Crippen molar-refractivity contribution >= 4 is 5.97 Å². The van der Waals surface area contributed by atoms with Gasteiger partial charge in [0.05, 0.1) is 7.11 Å². The molecule has 1 aromatic carbocycles. The van der Waals surface area contributed by atoms with Crippen LogP contribution in [-0.4, -0.2) is 19.7 Å². The van der Waals surface area contributed by atoms with Gasteiger partial charge in [-0.25, -0.2) is 9.18 Å². The van der Waals surface area contributed by atoms with Crippen LogP contribution in [0, 0.1) is 5.82 Å². The fourth-order valence-electron chi connectivity index (χ4n) is 1.06. The molecule has 0 spiro atoms. The molecular formula is C12H13FO3. The Bertz CT molecular complexity index is 399. The second kappa shape index (κ2) is 5.90. The van der Waals surface area contributed by atoms with E-state index in [1.165, 1.54) is 25.3 Å². The summed E-state index contributed by atoms with van der Waals surface area (Å²) in [5.74, 6) is -0.680. The van der Waals surface area contributed by atoms with Crippen LogP contribution >= 0.6 is 0 Å². The zero-order valence-electron chi connectivity index (χ0n) is 9.20. The quantitative estimate of drug-likeness (QED) is 0.581. The molecule has 0 saturated carbocycles. The molecule has 0 aliphatic carbocycles. The van der Waals surface area contributed by atoms with Crippen LogP contribution in [0.1, 0.15) is 6.92 Å². The standard InChI is InChI=1S/C12H13FO3/c1-9(12(14)15-2)7-8-16-11-6-4-3-5-10(11)13/h3-7H,8H2,1-2H3. The van der Waals surface area contributed by atoms with E-state index in [1.54, 1.807) is 19.1 Å². The number of carbonyl (C=O) groups excluding carboxylic acids is 1. The highest BCUT2D eigenvalue weighted by molar-refractivity contribution is 5.87. The van der Waals surface area contributed by atoms with Crippen LogP contribution < -0.4 is 4.74 Å². The largest absolute Gasteiger partial charge is 0.486 e. The van der Waals surface area contributed by atoms with Crippen molar-refractivity contribution in [3.8, 4) is 5.75 Å². The summed E-state index contributed by atoms with van der Waals surface area (Å²) in [7, 11) is 1.30. The zero-order valence-corrected chi connectivity index (χ0v) is 9.20. The zero-order chi connectivity index (χ0) is 12.0. The highest BCUT2D eigenvalue weighted by atomic mass is 19.1. The number of para-hydroxylation sites is 1. The number of halogens is 1. The predicted octanol–water partition coefficient (Wildman–Crippen LogP) is 2.32. The van der Waals surface area contributed by atoms with Gasteiger partial charge in [-0.2, -0.15) is 0 Å². The van der Waals surface area contributed by atoms with Crippen LogP contribution in [0.2, 0.25) is 0 Å². The highest BCUT2D eigenvalue weighted by Gasteiger charge is 2.03. The molecule has 1 rings (SSSR count). The molecular weight excluding hydrogens is 211 g/mol. The Kier molecular flexibility index (Phi) is 4.51. The summed E-state index contributed by atoms with van der Waals surface area (Å²) >= 11 is 0. The van der Waals surface area contributed by atoms with Crippen molar-refractivity contribution in [2.45, 2.75) is 6.92 Å². The first kappa shape index (κ1) is 12.2. The van der Waals surface area contributed by atoms with Crippen molar-refractivity contribution in [1.82, 2.24) is 0 Å². The van der Waals surface area contributed by atoms with Gasteiger partial charge in [-0.1, -0.05) is 12.1 Å². The van der Waals surface area contributed by atoms with Gasteiger partial charge in [-0.3, -0.25) is 0 Å². The molecule has 1 aromatic rings. The Balaban J connectivity index is 2.53. The molecule has 0 atom stereocenters. The molecule has 0 bridgehead atoms. The highest BCUT2D eigenvalue weighted by Crippen LogP contribution is 2.15. The van der Waals surface area contributed by atoms with E-state index >= 15 is 0 Å². The molecule has 16 heavy (non-hydrogen) atoms. The monoisotopic (exact) mass is 224 g/mol. The number of hydrogen-bond donors (Lipinski definition) is 0. The second-order valence-corrected chi connectivity index (χ2v) is 3.12. The van der Waals surface area contributed by atoms with Gasteiger partial charge in [0.25, 0.3) is 0 Å². The Morgan fingerprint density at radius 1 is 1.44 bits per heavy atom. The normalized spacial score (nSPS) is 11.1. The minimum absolute atomic E-state index is 0.127. The average molecular weight is 224 g/mol. The van der Waals surface area contributed by atoms with Crippen molar-refractivity contribution in [2.75, 3.05) is 13.7 Å². The van der Waals surface area contributed by atoms with Gasteiger partial charge < -0.3 is 9.47 Å². The van der Waals surface area contributed by atoms with Crippen molar-refractivity contribution < 1.29 is 18.7 Å². The van der Waals surface area contributed by atoms with Gasteiger partial charge in [0.2, 0.25) is 0 Å². The Morgan fingerprint density at radius 2 is 2.12 bits per heavy atom. The molecule has 0 aliphatic heterocycles. The molecule has 86 valence electrons. The number of methoxy groups -OCH3 is 1. The fourth-order valence-corrected chi connectivity index (χ4v) is 1.06. The van der Waals surface area contributed by atoms with E-state index in [4.69, 9.17) is 4.74 Å². The van der Waals surface area contributed by atoms with Gasteiger partial charge >= 0.3 is 5.97 Å². The van der Waals surface area contributed by atoms with Gasteiger partial charge in [0.1, 0.15) is 6.61 Å². The number of esters is 1. The molecule has 0 unspecified atom stereocenters. The van der Waals surface area contributed by atoms with Crippen LogP contribution in [0.3, 0.4) is 0 Å². The lowest BCUT2D eigenvalue weighted by molar-refractivity contribution is -0.136. The smallest absolute Gasteiger partial charge is 0.333 e. The van der Waals surface area contributed by atoms with Gasteiger partial charge in [0, 0.05) is 5.57 Å². The molecule has 3 nitrogen and oxygen atoms in total. The number of hydrogen-bond acceptors (Lipinski definition) is 3. The summed E-state index contributed by atoms with van der Waals surface area (Å²) in [6, 6.07) is 6.09. The molecule has 0 N–H and O–H groups in total. The van der Waals surface area contributed by atoms with E-state index < -0.39 is 11.8 Å². The first-order chi connectivity index (χ1) is 7.65. The third-order valence-corrected chi connectivity index (χ3v) is 1.97. The van der Waals surface area contributed by atoms with Crippen molar-refractivity contribution in [2.24, 2.45) is 0 Å². The first-order valence-corrected chi connectivity index (χ1v) is 4.77. The van der Waals surface area contributed by atoms with Gasteiger partial charge in [0.15, 0.2) is 11.6 Å². The molecule has 0 saturated heterocycles. The first-order valence-electron chi connectivity index (χ1n) is 4.77. The van der Waals surface area contributed by atoms with Crippen molar-refractivity contribution in [3.63, 3.8) is 0 Å². The van der Waals surface area contributed by atoms with E-state index in [0.29, 0.717) is 5.57 Å². The average Bonchev–Trinajstić information content (AvgIpc) is 2.30. The lowest BCUT2D eigenvalue weighted by Crippen LogP contribution is -2.04.